The average Bonchev–Trinajstić information content (AvgIpc) is 3.76. The summed E-state index contributed by atoms with van der Waals surface area (Å²) in [6.07, 6.45) is 0. The van der Waals surface area contributed by atoms with Gasteiger partial charge in [-0.2, -0.15) is 0 Å². The summed E-state index contributed by atoms with van der Waals surface area (Å²) in [5.41, 5.74) is 26.5. The molecule has 2 aliphatic rings. The van der Waals surface area contributed by atoms with Gasteiger partial charge in [-0.3, -0.25) is 0 Å². The topological polar surface area (TPSA) is 0 Å². The Kier molecular flexibility index (Phi) is 7.00. The van der Waals surface area contributed by atoms with Crippen LogP contribution in [0, 0.1) is 27.7 Å². The van der Waals surface area contributed by atoms with Crippen molar-refractivity contribution in [3.05, 3.63) is 192 Å². The van der Waals surface area contributed by atoms with Gasteiger partial charge < -0.3 is 0 Å². The van der Waals surface area contributed by atoms with E-state index in [1.807, 2.05) is 0 Å². The molecule has 0 heteroatoms. The van der Waals surface area contributed by atoms with Crippen LogP contribution < -0.4 is 0 Å². The zero-order valence-electron chi connectivity index (χ0n) is 33.2. The minimum Gasteiger partial charge on any atom is -0.0622 e. The lowest BCUT2D eigenvalue weighted by molar-refractivity contribution is 1.38. The Morgan fingerprint density at radius 2 is 0.483 bits per heavy atom. The van der Waals surface area contributed by atoms with E-state index in [4.69, 9.17) is 0 Å². The number of benzene rings is 10. The molecule has 0 atom stereocenters. The van der Waals surface area contributed by atoms with E-state index < -0.39 is 0 Å². The Bertz CT molecular complexity index is 3140. The smallest absolute Gasteiger partial charge is 0.000720 e. The molecule has 0 amide bonds. The van der Waals surface area contributed by atoms with Crippen molar-refractivity contribution in [3.63, 3.8) is 0 Å². The number of hydrogen-bond donors (Lipinski definition) is 0. The molecule has 2 aliphatic carbocycles. The minimum absolute atomic E-state index is 1.25. The molecule has 0 nitrogen and oxygen atoms in total. The van der Waals surface area contributed by atoms with Crippen molar-refractivity contribution in [2.75, 3.05) is 0 Å². The maximum Gasteiger partial charge on any atom is -0.000720 e. The fraction of sp³-hybridized carbons (Fsp3) is 0.0690. The third-order valence-electron chi connectivity index (χ3n) is 13.3. The molecule has 272 valence electrons. The second-order valence-electron chi connectivity index (χ2n) is 16.4. The van der Waals surface area contributed by atoms with E-state index >= 15 is 0 Å². The SMILES string of the molecule is Cc1cccc(C)c1-c1c2c(c(-c3c(C)cccc3C)c3ccccc13)-c1ccc3c4c(ccc-2c14)-c1c-3c(-c2ccccc2)c2ccccc2c1-c1ccccc1. The quantitative estimate of drug-likeness (QED) is 0.169. The van der Waals surface area contributed by atoms with Crippen molar-refractivity contribution in [1.29, 1.82) is 0 Å². The third-order valence-corrected chi connectivity index (χ3v) is 13.3. The molecule has 0 aliphatic heterocycles. The van der Waals surface area contributed by atoms with Crippen molar-refractivity contribution in [2.24, 2.45) is 0 Å². The molecule has 0 radical (unpaired) electrons. The van der Waals surface area contributed by atoms with Crippen LogP contribution in [-0.4, -0.2) is 0 Å². The summed E-state index contributed by atoms with van der Waals surface area (Å²) < 4.78 is 0. The molecule has 0 N–H and O–H groups in total. The lowest BCUT2D eigenvalue weighted by atomic mass is 9.79. The van der Waals surface area contributed by atoms with Crippen molar-refractivity contribution in [2.45, 2.75) is 27.7 Å². The largest absolute Gasteiger partial charge is 0.0622 e. The van der Waals surface area contributed by atoms with Gasteiger partial charge in [-0.25, -0.2) is 0 Å². The van der Waals surface area contributed by atoms with Crippen LogP contribution in [0.15, 0.2) is 170 Å². The van der Waals surface area contributed by atoms with Crippen LogP contribution in [-0.2, 0) is 0 Å². The molecule has 0 unspecified atom stereocenters. The van der Waals surface area contributed by atoms with E-state index in [-0.39, 0.29) is 0 Å². The van der Waals surface area contributed by atoms with Gasteiger partial charge in [0.25, 0.3) is 0 Å². The molecule has 10 aromatic carbocycles. The van der Waals surface area contributed by atoms with Gasteiger partial charge in [0.2, 0.25) is 0 Å². The summed E-state index contributed by atoms with van der Waals surface area (Å²) in [4.78, 5) is 0. The second-order valence-corrected chi connectivity index (χ2v) is 16.4. The zero-order chi connectivity index (χ0) is 38.8. The minimum atomic E-state index is 1.25. The first-order valence-corrected chi connectivity index (χ1v) is 20.5. The van der Waals surface area contributed by atoms with Crippen molar-refractivity contribution in [1.82, 2.24) is 0 Å². The first-order valence-electron chi connectivity index (χ1n) is 20.5. The van der Waals surface area contributed by atoms with E-state index in [0.717, 1.165) is 0 Å². The first-order chi connectivity index (χ1) is 28.5. The van der Waals surface area contributed by atoms with Crippen molar-refractivity contribution >= 4 is 32.3 Å². The molecule has 12 rings (SSSR count). The van der Waals surface area contributed by atoms with Crippen LogP contribution in [0.3, 0.4) is 0 Å². The van der Waals surface area contributed by atoms with E-state index in [0.29, 0.717) is 0 Å². The highest BCUT2D eigenvalue weighted by Gasteiger charge is 2.37. The Hall–Kier alpha value is -7.02. The van der Waals surface area contributed by atoms with E-state index in [9.17, 15) is 0 Å². The lowest BCUT2D eigenvalue weighted by Crippen LogP contribution is -1.98. The first kappa shape index (κ1) is 33.2. The second kappa shape index (κ2) is 12.2. The highest BCUT2D eigenvalue weighted by atomic mass is 14.4. The molecule has 0 heterocycles. The molecule has 58 heavy (non-hydrogen) atoms. The number of fused-ring (bicyclic) bond motifs is 8. The van der Waals surface area contributed by atoms with Crippen LogP contribution in [0.5, 0.6) is 0 Å². The Balaban J connectivity index is 1.30. The molecular weight excluding hydrogens is 697 g/mol. The number of rotatable bonds is 4. The highest BCUT2D eigenvalue weighted by molar-refractivity contribution is 6.35. The molecular formula is C58H40. The van der Waals surface area contributed by atoms with Crippen LogP contribution in [0.4, 0.5) is 0 Å². The molecule has 0 saturated carbocycles. The molecule has 0 aromatic heterocycles. The third kappa shape index (κ3) is 4.35. The van der Waals surface area contributed by atoms with Gasteiger partial charge in [0, 0.05) is 0 Å². The molecule has 0 spiro atoms. The van der Waals surface area contributed by atoms with Gasteiger partial charge in [0.15, 0.2) is 0 Å². The predicted octanol–water partition coefficient (Wildman–Crippen LogP) is 16.3. The molecule has 0 bridgehead atoms. The standard InChI is InChI=1S/C58H40/c1-33-17-15-18-34(2)47(33)53-41-27-13-14-28-42(41)54(48-35(3)19-16-20-36(48)4)58-46-32-30-44-51-43(29-31-45(52(46)51)57(53)58)55-49(37-21-7-5-8-22-37)39-25-11-12-26-40(39)50(56(44)55)38-23-9-6-10-24-38/h5-32H,1-4H3. The molecule has 0 fully saturated rings. The fourth-order valence-corrected chi connectivity index (χ4v) is 11.0. The normalized spacial score (nSPS) is 12.1. The number of aryl methyl sites for hydroxylation is 4. The fourth-order valence-electron chi connectivity index (χ4n) is 11.0. The lowest BCUT2D eigenvalue weighted by Gasteiger charge is -2.24. The summed E-state index contributed by atoms with van der Waals surface area (Å²) >= 11 is 0. The summed E-state index contributed by atoms with van der Waals surface area (Å²) in [6.45, 7) is 9.14. The summed E-state index contributed by atoms with van der Waals surface area (Å²) in [7, 11) is 0. The van der Waals surface area contributed by atoms with Gasteiger partial charge in [-0.05, 0) is 171 Å². The van der Waals surface area contributed by atoms with Crippen LogP contribution in [0.25, 0.3) is 121 Å². The van der Waals surface area contributed by atoms with Crippen LogP contribution >= 0.6 is 0 Å². The number of hydrogen-bond acceptors (Lipinski definition) is 0. The molecule has 10 aromatic rings. The van der Waals surface area contributed by atoms with Crippen molar-refractivity contribution in [3.8, 4) is 89.0 Å². The highest BCUT2D eigenvalue weighted by Crippen LogP contribution is 2.64. The van der Waals surface area contributed by atoms with E-state index in [1.165, 1.54) is 144 Å². The van der Waals surface area contributed by atoms with E-state index in [1.54, 1.807) is 0 Å². The van der Waals surface area contributed by atoms with Gasteiger partial charge in [-0.1, -0.05) is 170 Å². The Morgan fingerprint density at radius 1 is 0.207 bits per heavy atom. The van der Waals surface area contributed by atoms with Gasteiger partial charge in [-0.15, -0.1) is 0 Å². The summed E-state index contributed by atoms with van der Waals surface area (Å²) in [5, 5.41) is 7.94. The monoisotopic (exact) mass is 736 g/mol. The van der Waals surface area contributed by atoms with Crippen molar-refractivity contribution < 1.29 is 0 Å². The van der Waals surface area contributed by atoms with Gasteiger partial charge >= 0.3 is 0 Å². The molecule has 0 saturated heterocycles. The van der Waals surface area contributed by atoms with E-state index in [2.05, 4.69) is 198 Å². The zero-order valence-corrected chi connectivity index (χ0v) is 33.2. The van der Waals surface area contributed by atoms with Gasteiger partial charge in [0.1, 0.15) is 0 Å². The maximum absolute atomic E-state index is 2.47. The summed E-state index contributed by atoms with van der Waals surface area (Å²) in [5.74, 6) is 0. The maximum atomic E-state index is 2.47. The van der Waals surface area contributed by atoms with Gasteiger partial charge in [0.05, 0.1) is 0 Å². The predicted molar refractivity (Wildman–Crippen MR) is 249 cm³/mol. The Morgan fingerprint density at radius 3 is 0.810 bits per heavy atom. The van der Waals surface area contributed by atoms with Crippen LogP contribution in [0.1, 0.15) is 22.3 Å². The Labute approximate surface area is 339 Å². The average molecular weight is 737 g/mol. The van der Waals surface area contributed by atoms with Crippen LogP contribution in [0.2, 0.25) is 0 Å². The summed E-state index contributed by atoms with van der Waals surface area (Å²) in [6, 6.07) is 63.8.